The van der Waals surface area contributed by atoms with E-state index in [0.29, 0.717) is 24.2 Å². The first kappa shape index (κ1) is 23.1. The van der Waals surface area contributed by atoms with E-state index in [0.717, 1.165) is 6.42 Å². The molecule has 2 atom stereocenters. The molecule has 6 heteroatoms. The van der Waals surface area contributed by atoms with E-state index in [1.807, 2.05) is 6.08 Å². The van der Waals surface area contributed by atoms with Crippen LogP contribution in [0.15, 0.2) is 61.2 Å². The van der Waals surface area contributed by atoms with Crippen molar-refractivity contribution in [3.63, 3.8) is 0 Å². The lowest BCUT2D eigenvalue weighted by Gasteiger charge is -2.28. The lowest BCUT2D eigenvalue weighted by molar-refractivity contribution is -0.00732. The molecule has 0 aromatic heterocycles. The number of hydrogen-bond acceptors (Lipinski definition) is 2. The maximum absolute atomic E-state index is 14.9. The molecular weight excluding hydrogens is 432 g/mol. The molecular formula is C27H24F4O2. The normalized spacial score (nSPS) is 18.2. The van der Waals surface area contributed by atoms with E-state index in [-0.39, 0.29) is 35.0 Å². The van der Waals surface area contributed by atoms with E-state index in [4.69, 9.17) is 9.47 Å². The summed E-state index contributed by atoms with van der Waals surface area (Å²) in [7, 11) is 0. The number of rotatable bonds is 6. The SMILES string of the molecule is C=CC1CCC(c2ccc(-c3ccc(-c4ccc(OCC)c(F)c4F)cc3)c(F)c2F)OC1. The molecule has 2 nitrogen and oxygen atoms in total. The van der Waals surface area contributed by atoms with Crippen LogP contribution < -0.4 is 4.74 Å². The van der Waals surface area contributed by atoms with E-state index < -0.39 is 29.4 Å². The summed E-state index contributed by atoms with van der Waals surface area (Å²) in [5.41, 5.74) is 1.16. The standard InChI is InChI=1S/C27H24F4O2/c1-3-16-5-13-22(33-15-16)21-11-10-19(24(28)26(21)30)17-6-8-18(9-7-17)20-12-14-23(32-4-2)27(31)25(20)29/h3,6-12,14,16,22H,1,4-5,13,15H2,2H3. The highest BCUT2D eigenvalue weighted by atomic mass is 19.2. The molecule has 0 amide bonds. The van der Waals surface area contributed by atoms with Gasteiger partial charge >= 0.3 is 0 Å². The number of hydrogen-bond donors (Lipinski definition) is 0. The van der Waals surface area contributed by atoms with Crippen LogP contribution in [-0.2, 0) is 4.74 Å². The maximum Gasteiger partial charge on any atom is 0.201 e. The van der Waals surface area contributed by atoms with E-state index in [2.05, 4.69) is 6.58 Å². The minimum absolute atomic E-state index is 0.0526. The van der Waals surface area contributed by atoms with Gasteiger partial charge in [-0.2, -0.15) is 4.39 Å². The highest BCUT2D eigenvalue weighted by Crippen LogP contribution is 2.36. The van der Waals surface area contributed by atoms with Gasteiger partial charge in [-0.05, 0) is 43.0 Å². The van der Waals surface area contributed by atoms with Crippen LogP contribution in [0.1, 0.15) is 31.4 Å². The summed E-state index contributed by atoms with van der Waals surface area (Å²) in [6.07, 6.45) is 2.71. The Bertz CT molecular complexity index is 1150. The zero-order valence-corrected chi connectivity index (χ0v) is 18.2. The first-order valence-corrected chi connectivity index (χ1v) is 10.9. The van der Waals surface area contributed by atoms with Crippen LogP contribution in [0.25, 0.3) is 22.3 Å². The van der Waals surface area contributed by atoms with E-state index in [1.165, 1.54) is 18.2 Å². The van der Waals surface area contributed by atoms with Crippen molar-refractivity contribution >= 4 is 0 Å². The Balaban J connectivity index is 1.59. The molecule has 33 heavy (non-hydrogen) atoms. The van der Waals surface area contributed by atoms with Gasteiger partial charge in [-0.15, -0.1) is 6.58 Å². The van der Waals surface area contributed by atoms with Crippen molar-refractivity contribution in [3.8, 4) is 28.0 Å². The topological polar surface area (TPSA) is 18.5 Å². The Kier molecular flexibility index (Phi) is 6.84. The van der Waals surface area contributed by atoms with Crippen LogP contribution in [-0.4, -0.2) is 13.2 Å². The summed E-state index contributed by atoms with van der Waals surface area (Å²) in [5, 5.41) is 0. The minimum atomic E-state index is -1.06. The molecule has 172 valence electrons. The van der Waals surface area contributed by atoms with Gasteiger partial charge in [0.15, 0.2) is 23.2 Å². The highest BCUT2D eigenvalue weighted by molar-refractivity contribution is 5.71. The largest absolute Gasteiger partial charge is 0.491 e. The van der Waals surface area contributed by atoms with Crippen LogP contribution in [0.2, 0.25) is 0 Å². The van der Waals surface area contributed by atoms with Crippen LogP contribution in [0.3, 0.4) is 0 Å². The molecule has 0 bridgehead atoms. The molecule has 2 unspecified atom stereocenters. The maximum atomic E-state index is 14.9. The van der Waals surface area contributed by atoms with Gasteiger partial charge in [-0.25, -0.2) is 13.2 Å². The molecule has 0 aliphatic carbocycles. The summed E-state index contributed by atoms with van der Waals surface area (Å²) in [5.74, 6) is -3.92. The summed E-state index contributed by atoms with van der Waals surface area (Å²) in [6, 6.07) is 12.0. The minimum Gasteiger partial charge on any atom is -0.491 e. The Morgan fingerprint density at radius 2 is 1.45 bits per heavy atom. The van der Waals surface area contributed by atoms with Gasteiger partial charge in [0.25, 0.3) is 0 Å². The van der Waals surface area contributed by atoms with Gasteiger partial charge in [-0.1, -0.05) is 42.5 Å². The van der Waals surface area contributed by atoms with Crippen molar-refractivity contribution in [1.29, 1.82) is 0 Å². The monoisotopic (exact) mass is 456 g/mol. The molecule has 1 fully saturated rings. The molecule has 0 N–H and O–H groups in total. The lowest BCUT2D eigenvalue weighted by Crippen LogP contribution is -2.20. The smallest absolute Gasteiger partial charge is 0.201 e. The molecule has 1 aliphatic heterocycles. The predicted octanol–water partition coefficient (Wildman–Crippen LogP) is 7.63. The van der Waals surface area contributed by atoms with Gasteiger partial charge < -0.3 is 9.47 Å². The number of benzene rings is 3. The molecule has 4 rings (SSSR count). The van der Waals surface area contributed by atoms with E-state index >= 15 is 0 Å². The first-order chi connectivity index (χ1) is 15.9. The van der Waals surface area contributed by atoms with Crippen molar-refractivity contribution < 1.29 is 27.0 Å². The lowest BCUT2D eigenvalue weighted by atomic mass is 9.92. The predicted molar refractivity (Wildman–Crippen MR) is 120 cm³/mol. The first-order valence-electron chi connectivity index (χ1n) is 10.9. The third-order valence-corrected chi connectivity index (χ3v) is 5.96. The molecule has 1 aliphatic rings. The quantitative estimate of drug-likeness (QED) is 0.280. The molecule has 3 aromatic carbocycles. The molecule has 0 saturated carbocycles. The van der Waals surface area contributed by atoms with E-state index in [1.54, 1.807) is 37.3 Å². The second-order valence-corrected chi connectivity index (χ2v) is 7.98. The molecule has 0 radical (unpaired) electrons. The number of halogens is 4. The van der Waals surface area contributed by atoms with Gasteiger partial charge in [0, 0.05) is 22.6 Å². The molecule has 1 heterocycles. The Morgan fingerprint density at radius 3 is 2.00 bits per heavy atom. The highest BCUT2D eigenvalue weighted by Gasteiger charge is 2.26. The van der Waals surface area contributed by atoms with Crippen molar-refractivity contribution in [2.45, 2.75) is 25.9 Å². The van der Waals surface area contributed by atoms with Gasteiger partial charge in [0.1, 0.15) is 0 Å². The van der Waals surface area contributed by atoms with Gasteiger partial charge in [0.05, 0.1) is 19.3 Å². The van der Waals surface area contributed by atoms with Crippen LogP contribution >= 0.6 is 0 Å². The fraction of sp³-hybridized carbons (Fsp3) is 0.259. The van der Waals surface area contributed by atoms with E-state index in [9.17, 15) is 17.6 Å². The average molecular weight is 456 g/mol. The van der Waals surface area contributed by atoms with Crippen molar-refractivity contribution in [2.75, 3.05) is 13.2 Å². The fourth-order valence-corrected chi connectivity index (χ4v) is 4.09. The number of ether oxygens (including phenoxy) is 2. The third-order valence-electron chi connectivity index (χ3n) is 5.96. The van der Waals surface area contributed by atoms with Crippen molar-refractivity contribution in [1.82, 2.24) is 0 Å². The van der Waals surface area contributed by atoms with Gasteiger partial charge in [-0.3, -0.25) is 0 Å². The van der Waals surface area contributed by atoms with Crippen LogP contribution in [0, 0.1) is 29.2 Å². The summed E-state index contributed by atoms with van der Waals surface area (Å²) < 4.78 is 69.3. The third kappa shape index (κ3) is 4.53. The van der Waals surface area contributed by atoms with Crippen LogP contribution in [0.5, 0.6) is 5.75 Å². The Hall–Kier alpha value is -3.12. The zero-order chi connectivity index (χ0) is 23.5. The average Bonchev–Trinajstić information content (AvgIpc) is 2.84. The molecule has 0 spiro atoms. The van der Waals surface area contributed by atoms with Gasteiger partial charge in [0.2, 0.25) is 5.82 Å². The summed E-state index contributed by atoms with van der Waals surface area (Å²) in [4.78, 5) is 0. The second kappa shape index (κ2) is 9.79. The summed E-state index contributed by atoms with van der Waals surface area (Å²) in [6.45, 7) is 6.07. The zero-order valence-electron chi connectivity index (χ0n) is 18.2. The molecule has 1 saturated heterocycles. The summed E-state index contributed by atoms with van der Waals surface area (Å²) >= 11 is 0. The second-order valence-electron chi connectivity index (χ2n) is 7.98. The van der Waals surface area contributed by atoms with Crippen molar-refractivity contribution in [3.05, 3.63) is 90.0 Å². The Labute approximate surface area is 190 Å². The van der Waals surface area contributed by atoms with Crippen LogP contribution in [0.4, 0.5) is 17.6 Å². The Morgan fingerprint density at radius 1 is 0.848 bits per heavy atom. The molecule has 3 aromatic rings. The van der Waals surface area contributed by atoms with Crippen molar-refractivity contribution in [2.24, 2.45) is 5.92 Å². The fourth-order valence-electron chi connectivity index (χ4n) is 4.09.